The number of alkyl carbamates (subject to hydrolysis) is 1. The molecule has 3 aromatic rings. The Hall–Kier alpha value is -5.45. The molecule has 1 saturated heterocycles. The van der Waals surface area contributed by atoms with Crippen LogP contribution in [0.15, 0.2) is 60.7 Å². The fourth-order valence-electron chi connectivity index (χ4n) is 8.89. The third kappa shape index (κ3) is 10.5. The number of carbonyl (C=O) groups excluding carboxylic acids is 4. The average molecular weight is 920 g/mol. The second-order valence-corrected chi connectivity index (χ2v) is 21.6. The van der Waals surface area contributed by atoms with Crippen LogP contribution >= 0.6 is 0 Å². The van der Waals surface area contributed by atoms with E-state index in [2.05, 4.69) is 22.3 Å². The van der Waals surface area contributed by atoms with Gasteiger partial charge < -0.3 is 34.5 Å². The minimum Gasteiger partial charge on any atom is -0.497 e. The lowest BCUT2D eigenvalue weighted by Crippen LogP contribution is -2.59. The number of rotatable bonds is 11. The highest BCUT2D eigenvalue weighted by molar-refractivity contribution is 7.91. The maximum Gasteiger partial charge on any atom is 0.408 e. The summed E-state index contributed by atoms with van der Waals surface area (Å²) in [6.07, 6.45) is 4.22. The maximum absolute atomic E-state index is 15.1. The smallest absolute Gasteiger partial charge is 0.408 e. The standard InChI is InChI=1S/C48H62FN5O10S/c1-28(2)62-33-15-13-31(14-16-33)37-24-40(36-18-17-34(61-8)22-38(36)50-37)63-35-23-39-42(55)52-48(44(57)53-65(59,60)47(27-49)19-20-47)25-32(48)12-10-9-11-29(3)21-30(4)41(43(56)54(39)26-35)51-45(58)64-46(5,6)7/h10,12-18,22,24,28-30,32,35,39,41H,9,11,19-21,23,25-27H2,1-8H3,(H,51,58)(H,52,55)(H,53,57)/b12-10-/t29?,30-,32-,35-,39?,41+,48-/m1/s1. The Kier molecular flexibility index (Phi) is 13.5. The quantitative estimate of drug-likeness (QED) is 0.172. The highest BCUT2D eigenvalue weighted by atomic mass is 32.2. The molecule has 2 unspecified atom stereocenters. The number of hydrogen-bond donors (Lipinski definition) is 3. The van der Waals surface area contributed by atoms with Gasteiger partial charge in [0.1, 0.15) is 58.0 Å². The van der Waals surface area contributed by atoms with Gasteiger partial charge in [-0.05, 0) is 121 Å². The van der Waals surface area contributed by atoms with Crippen LogP contribution < -0.4 is 29.6 Å². The number of nitrogens with zero attached hydrogens (tertiary/aromatic N) is 2. The summed E-state index contributed by atoms with van der Waals surface area (Å²) in [5.74, 6) is -1.38. The third-order valence-corrected chi connectivity index (χ3v) is 14.8. The molecule has 7 rings (SSSR count). The van der Waals surface area contributed by atoms with Crippen LogP contribution in [0.25, 0.3) is 22.2 Å². The second kappa shape index (κ2) is 18.4. The minimum absolute atomic E-state index is 0.0134. The van der Waals surface area contributed by atoms with Crippen molar-refractivity contribution in [3.63, 3.8) is 0 Å². The number of halogens is 1. The molecule has 17 heteroatoms. The molecule has 0 radical (unpaired) electrons. The molecule has 7 atom stereocenters. The monoisotopic (exact) mass is 919 g/mol. The number of carbonyl (C=O) groups is 4. The second-order valence-electron chi connectivity index (χ2n) is 19.5. The first-order valence-electron chi connectivity index (χ1n) is 22.5. The van der Waals surface area contributed by atoms with Gasteiger partial charge in [-0.3, -0.25) is 19.1 Å². The van der Waals surface area contributed by atoms with Crippen molar-refractivity contribution in [2.45, 2.75) is 134 Å². The molecular weight excluding hydrogens is 858 g/mol. The zero-order valence-corrected chi connectivity index (χ0v) is 39.3. The number of fused-ring (bicyclic) bond motifs is 3. The zero-order chi connectivity index (χ0) is 47.1. The summed E-state index contributed by atoms with van der Waals surface area (Å²) < 4.78 is 64.9. The van der Waals surface area contributed by atoms with Crippen molar-refractivity contribution in [3.8, 4) is 28.5 Å². The van der Waals surface area contributed by atoms with E-state index in [9.17, 15) is 27.2 Å². The van der Waals surface area contributed by atoms with Gasteiger partial charge in [0, 0.05) is 35.4 Å². The molecule has 2 aliphatic carbocycles. The first-order valence-corrected chi connectivity index (χ1v) is 24.0. The van der Waals surface area contributed by atoms with Crippen LogP contribution in [0.3, 0.4) is 0 Å². The highest BCUT2D eigenvalue weighted by Gasteiger charge is 2.64. The van der Waals surface area contributed by atoms with Crippen LogP contribution in [0.5, 0.6) is 17.2 Å². The van der Waals surface area contributed by atoms with Gasteiger partial charge >= 0.3 is 6.09 Å². The van der Waals surface area contributed by atoms with Crippen molar-refractivity contribution in [1.29, 1.82) is 0 Å². The van der Waals surface area contributed by atoms with E-state index in [-0.39, 0.29) is 44.2 Å². The van der Waals surface area contributed by atoms with Gasteiger partial charge in [0.15, 0.2) is 0 Å². The predicted octanol–water partition coefficient (Wildman–Crippen LogP) is 6.77. The van der Waals surface area contributed by atoms with Gasteiger partial charge in [-0.25, -0.2) is 22.6 Å². The van der Waals surface area contributed by atoms with E-state index in [4.69, 9.17) is 23.9 Å². The summed E-state index contributed by atoms with van der Waals surface area (Å²) in [4.78, 5) is 63.7. The maximum atomic E-state index is 15.1. The fraction of sp³-hybridized carbons (Fsp3) is 0.562. The Bertz CT molecular complexity index is 2440. The number of hydrogen-bond acceptors (Lipinski definition) is 11. The average Bonchev–Trinajstić information content (AvgIpc) is 4.14. The SMILES string of the molecule is COc1ccc2c(O[C@@H]3CC4C(=O)N[C@]5(C(=O)NS(=O)(=O)C6(CF)CC6)C[C@H]5/C=C\CCC(C)C[C@@H](C)[C@H](NC(=O)OC(C)(C)C)C(=O)N4C3)cc(-c3ccc(OC(C)C)cc3)nc2c1. The van der Waals surface area contributed by atoms with Gasteiger partial charge in [0.05, 0.1) is 31.0 Å². The molecule has 352 valence electrons. The normalized spacial score (nSPS) is 27.3. The Labute approximate surface area is 380 Å². The molecule has 4 aliphatic rings. The summed E-state index contributed by atoms with van der Waals surface area (Å²) in [6, 6.07) is 12.4. The van der Waals surface area contributed by atoms with Crippen LogP contribution in [-0.2, 0) is 29.1 Å². The summed E-state index contributed by atoms with van der Waals surface area (Å²) in [6.45, 7) is 11.8. The molecular formula is C48H62FN5O10S. The van der Waals surface area contributed by atoms with Crippen LogP contribution in [0.1, 0.15) is 93.4 Å². The number of benzene rings is 2. The lowest BCUT2D eigenvalue weighted by molar-refractivity contribution is -0.142. The molecule has 2 aliphatic heterocycles. The molecule has 2 saturated carbocycles. The van der Waals surface area contributed by atoms with Crippen molar-refractivity contribution in [2.24, 2.45) is 17.8 Å². The van der Waals surface area contributed by atoms with Crippen molar-refractivity contribution < 1.29 is 50.9 Å². The van der Waals surface area contributed by atoms with E-state index in [1.165, 1.54) is 4.90 Å². The molecule has 65 heavy (non-hydrogen) atoms. The van der Waals surface area contributed by atoms with E-state index < -0.39 is 86.4 Å². The lowest BCUT2D eigenvalue weighted by Gasteiger charge is -2.33. The molecule has 1 aromatic heterocycles. The topological polar surface area (TPSA) is 192 Å². The third-order valence-electron chi connectivity index (χ3n) is 12.7. The van der Waals surface area contributed by atoms with E-state index in [1.807, 2.05) is 63.3 Å². The van der Waals surface area contributed by atoms with Crippen molar-refractivity contribution in [1.82, 2.24) is 25.2 Å². The zero-order valence-electron chi connectivity index (χ0n) is 38.4. The van der Waals surface area contributed by atoms with Gasteiger partial charge in [-0.2, -0.15) is 0 Å². The van der Waals surface area contributed by atoms with Crippen LogP contribution in [-0.4, -0.2) is 103 Å². The number of allylic oxidation sites excluding steroid dienone is 1. The van der Waals surface area contributed by atoms with E-state index in [0.717, 1.165) is 5.56 Å². The van der Waals surface area contributed by atoms with Gasteiger partial charge in [0.2, 0.25) is 21.8 Å². The van der Waals surface area contributed by atoms with Gasteiger partial charge in [0.25, 0.3) is 5.91 Å². The fourth-order valence-corrected chi connectivity index (χ4v) is 10.3. The van der Waals surface area contributed by atoms with Crippen LogP contribution in [0.2, 0.25) is 0 Å². The predicted molar refractivity (Wildman–Crippen MR) is 242 cm³/mol. The van der Waals surface area contributed by atoms with E-state index in [1.54, 1.807) is 46.1 Å². The van der Waals surface area contributed by atoms with Crippen molar-refractivity contribution >= 4 is 44.7 Å². The highest BCUT2D eigenvalue weighted by Crippen LogP contribution is 2.48. The molecule has 3 fully saturated rings. The van der Waals surface area contributed by atoms with Crippen LogP contribution in [0.4, 0.5) is 9.18 Å². The molecule has 3 heterocycles. The number of aromatic nitrogens is 1. The molecule has 0 spiro atoms. The number of pyridine rings is 1. The molecule has 0 bridgehead atoms. The Morgan fingerprint density at radius 2 is 1.74 bits per heavy atom. The van der Waals surface area contributed by atoms with E-state index >= 15 is 4.79 Å². The first kappa shape index (κ1) is 47.5. The number of methoxy groups -OCH3 is 1. The van der Waals surface area contributed by atoms with Crippen molar-refractivity contribution in [3.05, 3.63) is 60.7 Å². The Balaban J connectivity index is 1.26. The Morgan fingerprint density at radius 1 is 1.03 bits per heavy atom. The molecule has 2 aromatic carbocycles. The molecule has 3 N–H and O–H groups in total. The number of alkyl halides is 1. The summed E-state index contributed by atoms with van der Waals surface area (Å²) in [7, 11) is -2.86. The molecule has 15 nitrogen and oxygen atoms in total. The first-order chi connectivity index (χ1) is 30.7. The van der Waals surface area contributed by atoms with Crippen LogP contribution in [0, 0.1) is 17.8 Å². The lowest BCUT2D eigenvalue weighted by atomic mass is 9.88. The van der Waals surface area contributed by atoms with Gasteiger partial charge in [-0.1, -0.05) is 26.0 Å². The number of sulfonamides is 1. The number of amides is 4. The van der Waals surface area contributed by atoms with Crippen molar-refractivity contribution in [2.75, 3.05) is 20.3 Å². The Morgan fingerprint density at radius 3 is 2.38 bits per heavy atom. The number of nitrogens with one attached hydrogen (secondary N) is 3. The van der Waals surface area contributed by atoms with Gasteiger partial charge in [-0.15, -0.1) is 0 Å². The summed E-state index contributed by atoms with van der Waals surface area (Å²) in [5, 5.41) is 6.33. The van der Waals surface area contributed by atoms with E-state index in [0.29, 0.717) is 53.1 Å². The number of ether oxygens (including phenoxy) is 4. The molecule has 4 amide bonds. The largest absolute Gasteiger partial charge is 0.497 e. The summed E-state index contributed by atoms with van der Waals surface area (Å²) in [5.41, 5.74) is -0.612. The minimum atomic E-state index is -4.42. The summed E-state index contributed by atoms with van der Waals surface area (Å²) >= 11 is 0.